The fourth-order valence-corrected chi connectivity index (χ4v) is 1.92. The highest BCUT2D eigenvalue weighted by atomic mass is 16.5. The molecule has 0 radical (unpaired) electrons. The van der Waals surface area contributed by atoms with Crippen molar-refractivity contribution in [2.24, 2.45) is 0 Å². The Labute approximate surface area is 127 Å². The lowest BCUT2D eigenvalue weighted by molar-refractivity contribution is -0.135. The molecule has 0 saturated carbocycles. The summed E-state index contributed by atoms with van der Waals surface area (Å²) < 4.78 is 11.1. The largest absolute Gasteiger partial charge is 0.497 e. The minimum Gasteiger partial charge on any atom is -0.497 e. The molecular weight excluding hydrogens is 268 g/mol. The Morgan fingerprint density at radius 1 is 1.38 bits per heavy atom. The number of likely N-dealkylation sites (N-methyl/N-ethyl adjacent to an activating group) is 1. The summed E-state index contributed by atoms with van der Waals surface area (Å²) >= 11 is 0. The summed E-state index contributed by atoms with van der Waals surface area (Å²) in [4.78, 5) is 13.5. The van der Waals surface area contributed by atoms with Crippen LogP contribution in [0.3, 0.4) is 0 Å². The summed E-state index contributed by atoms with van der Waals surface area (Å²) in [7, 11) is 5.05. The number of carbonyl (C=O) groups excluding carboxylic acids is 1. The van der Waals surface area contributed by atoms with Gasteiger partial charge in [-0.2, -0.15) is 0 Å². The Balaban J connectivity index is 2.87. The Hall–Kier alpha value is -1.75. The Kier molecular flexibility index (Phi) is 7.02. The van der Waals surface area contributed by atoms with Gasteiger partial charge in [0.2, 0.25) is 0 Å². The first-order valence-corrected chi connectivity index (χ1v) is 7.25. The Morgan fingerprint density at radius 3 is 2.67 bits per heavy atom. The molecule has 1 aromatic carbocycles. The third-order valence-electron chi connectivity index (χ3n) is 3.11. The van der Waals surface area contributed by atoms with Crippen molar-refractivity contribution >= 4 is 5.91 Å². The van der Waals surface area contributed by atoms with Crippen molar-refractivity contribution in [3.63, 3.8) is 0 Å². The number of hydrogen-bond donors (Lipinski definition) is 1. The average molecular weight is 294 g/mol. The molecule has 0 saturated heterocycles. The lowest BCUT2D eigenvalue weighted by Gasteiger charge is -2.20. The molecule has 118 valence electrons. The van der Waals surface area contributed by atoms with Gasteiger partial charge < -0.3 is 19.7 Å². The molecule has 0 aromatic heterocycles. The van der Waals surface area contributed by atoms with E-state index in [0.717, 1.165) is 18.5 Å². The van der Waals surface area contributed by atoms with E-state index in [4.69, 9.17) is 9.47 Å². The van der Waals surface area contributed by atoms with Crippen LogP contribution in [0, 0.1) is 0 Å². The van der Waals surface area contributed by atoms with Gasteiger partial charge in [-0.3, -0.25) is 4.79 Å². The molecule has 0 fully saturated rings. The zero-order chi connectivity index (χ0) is 15.8. The fraction of sp³-hybridized carbons (Fsp3) is 0.562. The smallest absolute Gasteiger partial charge is 0.262 e. The van der Waals surface area contributed by atoms with Gasteiger partial charge in [0.05, 0.1) is 7.11 Å². The highest BCUT2D eigenvalue weighted by Crippen LogP contribution is 2.26. The first-order valence-electron chi connectivity index (χ1n) is 7.25. The van der Waals surface area contributed by atoms with Crippen molar-refractivity contribution < 1.29 is 14.3 Å². The number of carbonyl (C=O) groups is 1. The number of methoxy groups -OCH3 is 1. The Morgan fingerprint density at radius 2 is 2.10 bits per heavy atom. The molecule has 0 bridgehead atoms. The molecule has 0 aliphatic heterocycles. The molecule has 5 nitrogen and oxygen atoms in total. The topological polar surface area (TPSA) is 50.8 Å². The van der Waals surface area contributed by atoms with Gasteiger partial charge in [-0.25, -0.2) is 0 Å². The quantitative estimate of drug-likeness (QED) is 0.746. The summed E-state index contributed by atoms with van der Waals surface area (Å²) in [5, 5.41) is 3.34. The van der Waals surface area contributed by atoms with Crippen molar-refractivity contribution in [1.29, 1.82) is 0 Å². The van der Waals surface area contributed by atoms with Gasteiger partial charge >= 0.3 is 0 Å². The molecule has 0 aliphatic carbocycles. The third kappa shape index (κ3) is 5.27. The molecule has 0 heterocycles. The number of rotatable bonds is 8. The van der Waals surface area contributed by atoms with Crippen LogP contribution in [0.4, 0.5) is 0 Å². The van der Waals surface area contributed by atoms with E-state index in [1.165, 1.54) is 4.90 Å². The van der Waals surface area contributed by atoms with Crippen molar-refractivity contribution in [2.75, 3.05) is 27.7 Å². The lowest BCUT2D eigenvalue weighted by Crippen LogP contribution is -2.35. The maximum absolute atomic E-state index is 11.9. The molecular formula is C16H26N2O3. The van der Waals surface area contributed by atoms with Gasteiger partial charge in [0.15, 0.2) is 6.10 Å². The number of ether oxygens (including phenoxy) is 2. The van der Waals surface area contributed by atoms with E-state index < -0.39 is 6.10 Å². The van der Waals surface area contributed by atoms with Crippen molar-refractivity contribution in [1.82, 2.24) is 10.2 Å². The van der Waals surface area contributed by atoms with Crippen LogP contribution in [-0.4, -0.2) is 44.7 Å². The van der Waals surface area contributed by atoms with E-state index in [9.17, 15) is 4.79 Å². The predicted octanol–water partition coefficient (Wildman–Crippen LogP) is 2.05. The van der Waals surface area contributed by atoms with E-state index >= 15 is 0 Å². The Bertz CT molecular complexity index is 461. The van der Waals surface area contributed by atoms with Crippen molar-refractivity contribution in [2.45, 2.75) is 32.9 Å². The van der Waals surface area contributed by atoms with Gasteiger partial charge in [0, 0.05) is 32.3 Å². The highest BCUT2D eigenvalue weighted by Gasteiger charge is 2.18. The van der Waals surface area contributed by atoms with Crippen molar-refractivity contribution in [3.8, 4) is 11.5 Å². The van der Waals surface area contributed by atoms with Crippen LogP contribution >= 0.6 is 0 Å². The summed E-state index contributed by atoms with van der Waals surface area (Å²) in [6.45, 7) is 5.52. The fourth-order valence-electron chi connectivity index (χ4n) is 1.92. The number of nitrogens with zero attached hydrogens (tertiary/aromatic N) is 1. The van der Waals surface area contributed by atoms with E-state index in [1.54, 1.807) is 28.1 Å². The number of hydrogen-bond acceptors (Lipinski definition) is 4. The van der Waals surface area contributed by atoms with Gasteiger partial charge in [-0.15, -0.1) is 0 Å². The second-order valence-electron chi connectivity index (χ2n) is 5.14. The van der Waals surface area contributed by atoms with Crippen LogP contribution in [0.15, 0.2) is 18.2 Å². The van der Waals surface area contributed by atoms with Crippen molar-refractivity contribution in [3.05, 3.63) is 23.8 Å². The van der Waals surface area contributed by atoms with Crippen LogP contribution in [0.25, 0.3) is 0 Å². The number of benzene rings is 1. The minimum absolute atomic E-state index is 0.0645. The second kappa shape index (κ2) is 8.52. The highest BCUT2D eigenvalue weighted by molar-refractivity contribution is 5.80. The summed E-state index contributed by atoms with van der Waals surface area (Å²) in [5.74, 6) is 1.33. The third-order valence-corrected chi connectivity index (χ3v) is 3.11. The van der Waals surface area contributed by atoms with Crippen LogP contribution < -0.4 is 14.8 Å². The molecule has 5 heteroatoms. The standard InChI is InChI=1S/C16H26N2O3/c1-6-9-17-11-13-7-8-14(20-5)10-15(13)21-12(2)16(19)18(3)4/h7-8,10,12,17H,6,9,11H2,1-5H3. The van der Waals surface area contributed by atoms with E-state index in [0.29, 0.717) is 18.0 Å². The summed E-state index contributed by atoms with van der Waals surface area (Å²) in [6.07, 6.45) is 0.541. The van der Waals surface area contributed by atoms with Gasteiger partial charge in [-0.05, 0) is 26.0 Å². The van der Waals surface area contributed by atoms with Crippen LogP contribution in [0.5, 0.6) is 11.5 Å². The maximum Gasteiger partial charge on any atom is 0.262 e. The van der Waals surface area contributed by atoms with Crippen LogP contribution in [0.2, 0.25) is 0 Å². The van der Waals surface area contributed by atoms with E-state index in [-0.39, 0.29) is 5.91 Å². The molecule has 1 unspecified atom stereocenters. The molecule has 1 atom stereocenters. The second-order valence-corrected chi connectivity index (χ2v) is 5.14. The molecule has 21 heavy (non-hydrogen) atoms. The van der Waals surface area contributed by atoms with E-state index in [1.807, 2.05) is 18.2 Å². The molecule has 1 rings (SSSR count). The maximum atomic E-state index is 11.9. The van der Waals surface area contributed by atoms with Gasteiger partial charge in [0.25, 0.3) is 5.91 Å². The van der Waals surface area contributed by atoms with Crippen LogP contribution in [0.1, 0.15) is 25.8 Å². The monoisotopic (exact) mass is 294 g/mol. The molecule has 1 aromatic rings. The zero-order valence-corrected chi connectivity index (χ0v) is 13.6. The summed E-state index contributed by atoms with van der Waals surface area (Å²) in [6, 6.07) is 5.68. The normalized spacial score (nSPS) is 11.9. The summed E-state index contributed by atoms with van der Waals surface area (Å²) in [5.41, 5.74) is 1.02. The molecule has 1 N–H and O–H groups in total. The first kappa shape index (κ1) is 17.3. The molecule has 0 aliphatic rings. The zero-order valence-electron chi connectivity index (χ0n) is 13.6. The first-order chi connectivity index (χ1) is 9.99. The predicted molar refractivity (Wildman–Crippen MR) is 83.8 cm³/mol. The number of nitrogens with one attached hydrogen (secondary N) is 1. The van der Waals surface area contributed by atoms with Gasteiger partial charge in [0.1, 0.15) is 11.5 Å². The molecule has 1 amide bonds. The lowest BCUT2D eigenvalue weighted by atomic mass is 10.2. The minimum atomic E-state index is -0.531. The van der Waals surface area contributed by atoms with Crippen LogP contribution in [-0.2, 0) is 11.3 Å². The van der Waals surface area contributed by atoms with E-state index in [2.05, 4.69) is 12.2 Å². The number of amides is 1. The SMILES string of the molecule is CCCNCc1ccc(OC)cc1OC(C)C(=O)N(C)C. The van der Waals surface area contributed by atoms with Gasteiger partial charge in [-0.1, -0.05) is 13.0 Å². The molecule has 0 spiro atoms. The average Bonchev–Trinajstić information content (AvgIpc) is 2.47.